The van der Waals surface area contributed by atoms with E-state index in [0.29, 0.717) is 0 Å². The summed E-state index contributed by atoms with van der Waals surface area (Å²) in [6.45, 7) is 7.92. The van der Waals surface area contributed by atoms with Gasteiger partial charge in [-0.15, -0.1) is 0 Å². The Morgan fingerprint density at radius 2 is 1.00 bits per heavy atom. The molecule has 0 rings (SSSR count). The molecular weight excluding hydrogens is 164 g/mol. The first kappa shape index (κ1) is 16.6. The number of aliphatic carboxylic acids is 2. The summed E-state index contributed by atoms with van der Waals surface area (Å²) in [7, 11) is 0. The molecule has 5 heteroatoms. The van der Waals surface area contributed by atoms with E-state index in [0.717, 1.165) is 12.2 Å². The van der Waals surface area contributed by atoms with Gasteiger partial charge in [-0.05, 0) is 0 Å². The van der Waals surface area contributed by atoms with Crippen molar-refractivity contribution in [1.29, 1.82) is 0 Å². The number of carbonyl (C=O) groups excluding carboxylic acids is 1. The van der Waals surface area contributed by atoms with Gasteiger partial charge in [0.15, 0.2) is 0 Å². The lowest BCUT2D eigenvalue weighted by atomic mass is 10.7. The van der Waals surface area contributed by atoms with E-state index in [1.54, 1.807) is 0 Å². The summed E-state index contributed by atoms with van der Waals surface area (Å²) in [5.74, 6) is -1.96. The SMILES string of the molecule is C=CC(=O)O.C=CC(=O)O.C=O. The van der Waals surface area contributed by atoms with Crippen molar-refractivity contribution in [2.75, 3.05) is 0 Å². The van der Waals surface area contributed by atoms with E-state index in [1.165, 1.54) is 0 Å². The Morgan fingerprint density at radius 1 is 0.917 bits per heavy atom. The number of carbonyl (C=O) groups is 3. The Morgan fingerprint density at radius 3 is 1.00 bits per heavy atom. The number of carboxylic acid groups (broad SMARTS) is 2. The molecule has 0 aromatic carbocycles. The number of carboxylic acids is 2. The first-order valence-electron chi connectivity index (χ1n) is 2.54. The standard InChI is InChI=1S/2C3H4O2.CH2O/c2*1-2-3(4)5;1-2/h2*2H,1H2,(H,4,5);1H2. The van der Waals surface area contributed by atoms with Gasteiger partial charge in [-0.25, -0.2) is 9.59 Å². The second-order valence-corrected chi connectivity index (χ2v) is 1.08. The summed E-state index contributed by atoms with van der Waals surface area (Å²) in [4.78, 5) is 26.5. The molecule has 0 saturated carbocycles. The summed E-state index contributed by atoms with van der Waals surface area (Å²) >= 11 is 0. The van der Waals surface area contributed by atoms with Gasteiger partial charge >= 0.3 is 11.9 Å². The van der Waals surface area contributed by atoms with Crippen molar-refractivity contribution >= 4 is 18.7 Å². The molecule has 0 bridgehead atoms. The van der Waals surface area contributed by atoms with Crippen LogP contribution in [0.3, 0.4) is 0 Å². The van der Waals surface area contributed by atoms with E-state index >= 15 is 0 Å². The maximum absolute atomic E-state index is 9.25. The predicted octanol–water partition coefficient (Wildman–Crippen LogP) is 0.329. The summed E-state index contributed by atoms with van der Waals surface area (Å²) < 4.78 is 0. The molecule has 0 aliphatic carbocycles. The Bertz CT molecular complexity index is 143. The van der Waals surface area contributed by atoms with Crippen LogP contribution in [0.2, 0.25) is 0 Å². The van der Waals surface area contributed by atoms with Crippen molar-refractivity contribution in [3.8, 4) is 0 Å². The van der Waals surface area contributed by atoms with Crippen molar-refractivity contribution in [1.82, 2.24) is 0 Å². The molecule has 0 heterocycles. The Labute approximate surface area is 69.6 Å². The first-order valence-corrected chi connectivity index (χ1v) is 2.54. The minimum Gasteiger partial charge on any atom is -0.478 e. The van der Waals surface area contributed by atoms with Crippen LogP contribution in [0.15, 0.2) is 25.3 Å². The fourth-order valence-corrected chi connectivity index (χ4v) is 0. The van der Waals surface area contributed by atoms with Gasteiger partial charge in [0.25, 0.3) is 0 Å². The molecule has 0 aliphatic rings. The highest BCUT2D eigenvalue weighted by molar-refractivity contribution is 5.79. The van der Waals surface area contributed by atoms with Gasteiger partial charge in [0.05, 0.1) is 0 Å². The van der Waals surface area contributed by atoms with E-state index in [4.69, 9.17) is 15.0 Å². The van der Waals surface area contributed by atoms with E-state index in [-0.39, 0.29) is 0 Å². The lowest BCUT2D eigenvalue weighted by Crippen LogP contribution is -1.82. The van der Waals surface area contributed by atoms with E-state index in [1.807, 2.05) is 6.79 Å². The minimum atomic E-state index is -0.981. The average molecular weight is 174 g/mol. The average Bonchev–Trinajstić information content (AvgIpc) is 2.09. The Hall–Kier alpha value is -1.91. The molecular formula is C7H10O5. The lowest BCUT2D eigenvalue weighted by Gasteiger charge is -1.64. The fraction of sp³-hybridized carbons (Fsp3) is 0. The van der Waals surface area contributed by atoms with Crippen LogP contribution in [0.4, 0.5) is 0 Å². The zero-order chi connectivity index (χ0) is 10.6. The molecule has 0 amide bonds. The van der Waals surface area contributed by atoms with Crippen LogP contribution in [0.25, 0.3) is 0 Å². The van der Waals surface area contributed by atoms with Crippen LogP contribution in [0.1, 0.15) is 0 Å². The summed E-state index contributed by atoms with van der Waals surface area (Å²) in [6, 6.07) is 0. The van der Waals surface area contributed by atoms with Gasteiger partial charge in [-0.3, -0.25) is 0 Å². The highest BCUT2D eigenvalue weighted by atomic mass is 16.4. The first-order chi connectivity index (χ1) is 5.54. The van der Waals surface area contributed by atoms with Gasteiger partial charge in [0, 0.05) is 12.2 Å². The molecule has 0 atom stereocenters. The molecule has 0 aliphatic heterocycles. The molecule has 0 radical (unpaired) electrons. The molecule has 68 valence electrons. The van der Waals surface area contributed by atoms with E-state index < -0.39 is 11.9 Å². The molecule has 0 fully saturated rings. The van der Waals surface area contributed by atoms with Crippen LogP contribution >= 0.6 is 0 Å². The summed E-state index contributed by atoms with van der Waals surface area (Å²) in [6.07, 6.45) is 1.67. The van der Waals surface area contributed by atoms with Gasteiger partial charge < -0.3 is 15.0 Å². The third-order valence-electron chi connectivity index (χ3n) is 0.349. The third kappa shape index (κ3) is 93.1. The van der Waals surface area contributed by atoms with Gasteiger partial charge in [-0.2, -0.15) is 0 Å². The monoisotopic (exact) mass is 174 g/mol. The maximum atomic E-state index is 9.25. The predicted molar refractivity (Wildman–Crippen MR) is 42.8 cm³/mol. The smallest absolute Gasteiger partial charge is 0.327 e. The lowest BCUT2D eigenvalue weighted by molar-refractivity contribution is -0.132. The van der Waals surface area contributed by atoms with Gasteiger partial charge in [0.1, 0.15) is 6.79 Å². The second-order valence-electron chi connectivity index (χ2n) is 1.08. The third-order valence-corrected chi connectivity index (χ3v) is 0.349. The minimum absolute atomic E-state index is 0.833. The molecule has 0 saturated heterocycles. The molecule has 0 aromatic rings. The van der Waals surface area contributed by atoms with Crippen molar-refractivity contribution in [2.24, 2.45) is 0 Å². The Balaban J connectivity index is -0.000000112. The van der Waals surface area contributed by atoms with Crippen LogP contribution in [0, 0.1) is 0 Å². The van der Waals surface area contributed by atoms with Crippen LogP contribution in [-0.2, 0) is 14.4 Å². The van der Waals surface area contributed by atoms with Crippen molar-refractivity contribution < 1.29 is 24.6 Å². The number of hydrogen-bond acceptors (Lipinski definition) is 3. The zero-order valence-electron chi connectivity index (χ0n) is 6.40. The zero-order valence-corrected chi connectivity index (χ0v) is 6.40. The molecule has 0 spiro atoms. The molecule has 0 aromatic heterocycles. The highest BCUT2D eigenvalue weighted by Crippen LogP contribution is 1.55. The van der Waals surface area contributed by atoms with Crippen molar-refractivity contribution in [2.45, 2.75) is 0 Å². The van der Waals surface area contributed by atoms with Crippen LogP contribution < -0.4 is 0 Å². The summed E-state index contributed by atoms with van der Waals surface area (Å²) in [5.41, 5.74) is 0. The quantitative estimate of drug-likeness (QED) is 0.588. The summed E-state index contributed by atoms with van der Waals surface area (Å²) in [5, 5.41) is 15.2. The van der Waals surface area contributed by atoms with Gasteiger partial charge in [0.2, 0.25) is 0 Å². The normalized spacial score (nSPS) is 5.67. The largest absolute Gasteiger partial charge is 0.478 e. The number of rotatable bonds is 2. The van der Waals surface area contributed by atoms with E-state index in [9.17, 15) is 9.59 Å². The van der Waals surface area contributed by atoms with Crippen LogP contribution in [-0.4, -0.2) is 28.9 Å². The molecule has 0 unspecified atom stereocenters. The maximum Gasteiger partial charge on any atom is 0.327 e. The fourth-order valence-electron chi connectivity index (χ4n) is 0. The number of hydrogen-bond donors (Lipinski definition) is 2. The molecule has 5 nitrogen and oxygen atoms in total. The van der Waals surface area contributed by atoms with Crippen LogP contribution in [0.5, 0.6) is 0 Å². The van der Waals surface area contributed by atoms with Crippen molar-refractivity contribution in [3.63, 3.8) is 0 Å². The second kappa shape index (κ2) is 16.0. The van der Waals surface area contributed by atoms with Crippen molar-refractivity contribution in [3.05, 3.63) is 25.3 Å². The molecule has 12 heavy (non-hydrogen) atoms. The van der Waals surface area contributed by atoms with E-state index in [2.05, 4.69) is 13.2 Å². The molecule has 2 N–H and O–H groups in total. The highest BCUT2D eigenvalue weighted by Gasteiger charge is 1.73. The topological polar surface area (TPSA) is 91.7 Å². The Kier molecular flexibility index (Phi) is 22.2. The van der Waals surface area contributed by atoms with Gasteiger partial charge in [-0.1, -0.05) is 13.2 Å².